The average molecular weight is 461 g/mol. The van der Waals surface area contributed by atoms with Crippen LogP contribution in [0.4, 0.5) is 0 Å². The fraction of sp³-hybridized carbons (Fsp3) is 0.154. The molecule has 6 nitrogen and oxygen atoms in total. The van der Waals surface area contributed by atoms with Crippen molar-refractivity contribution in [3.63, 3.8) is 0 Å². The van der Waals surface area contributed by atoms with Gasteiger partial charge in [0.05, 0.1) is 25.5 Å². The van der Waals surface area contributed by atoms with E-state index in [1.165, 1.54) is 16.8 Å². The lowest BCUT2D eigenvalue weighted by Crippen LogP contribution is -2.44. The van der Waals surface area contributed by atoms with Crippen LogP contribution in [0.15, 0.2) is 83.8 Å². The number of thioether (sulfide) groups is 1. The summed E-state index contributed by atoms with van der Waals surface area (Å²) in [4.78, 5) is 26.6. The molecule has 1 N–H and O–H groups in total. The van der Waals surface area contributed by atoms with Gasteiger partial charge in [-0.05, 0) is 47.0 Å². The van der Waals surface area contributed by atoms with Crippen molar-refractivity contribution in [3.8, 4) is 11.5 Å². The van der Waals surface area contributed by atoms with E-state index in [-0.39, 0.29) is 18.2 Å². The number of carbonyl (C=O) groups is 2. The van der Waals surface area contributed by atoms with Gasteiger partial charge in [-0.1, -0.05) is 66.4 Å². The molecule has 4 rings (SSSR count). The smallest absolute Gasteiger partial charge is 0.280 e. The molecule has 33 heavy (non-hydrogen) atoms. The van der Waals surface area contributed by atoms with Crippen LogP contribution in [0.1, 0.15) is 22.1 Å². The lowest BCUT2D eigenvalue weighted by Gasteiger charge is -2.24. The van der Waals surface area contributed by atoms with Crippen LogP contribution >= 0.6 is 11.8 Å². The number of rotatable bonds is 7. The van der Waals surface area contributed by atoms with Gasteiger partial charge in [-0.2, -0.15) is 0 Å². The van der Waals surface area contributed by atoms with Crippen molar-refractivity contribution in [2.45, 2.75) is 11.8 Å². The third-order valence-electron chi connectivity index (χ3n) is 5.17. The van der Waals surface area contributed by atoms with Crippen molar-refractivity contribution in [1.29, 1.82) is 0 Å². The van der Waals surface area contributed by atoms with Crippen LogP contribution in [0, 0.1) is 0 Å². The van der Waals surface area contributed by atoms with Gasteiger partial charge in [0.15, 0.2) is 0 Å². The highest BCUT2D eigenvalue weighted by molar-refractivity contribution is 8.04. The highest BCUT2D eigenvalue weighted by Gasteiger charge is 2.38. The van der Waals surface area contributed by atoms with E-state index >= 15 is 0 Å². The van der Waals surface area contributed by atoms with Gasteiger partial charge < -0.3 is 9.47 Å². The van der Waals surface area contributed by atoms with Crippen LogP contribution in [0.25, 0.3) is 6.08 Å². The SMILES string of the molecule is COc1ccc(/C=C2\S[C@@H](c3ccc(OC)cc3)N(NC(=O)Cc3ccccc3)C2=O)cc1. The molecule has 1 aliphatic heterocycles. The first-order chi connectivity index (χ1) is 16.1. The zero-order chi connectivity index (χ0) is 23.2. The minimum Gasteiger partial charge on any atom is -0.497 e. The number of ether oxygens (including phenoxy) is 2. The molecule has 7 heteroatoms. The number of nitrogens with zero attached hydrogens (tertiary/aromatic N) is 1. The highest BCUT2D eigenvalue weighted by atomic mass is 32.2. The summed E-state index contributed by atoms with van der Waals surface area (Å²) in [6.45, 7) is 0. The normalized spacial score (nSPS) is 16.7. The Hall–Kier alpha value is -3.71. The van der Waals surface area contributed by atoms with E-state index < -0.39 is 5.37 Å². The molecule has 0 aromatic heterocycles. The molecule has 3 aromatic rings. The van der Waals surface area contributed by atoms with Crippen LogP contribution in [-0.4, -0.2) is 31.0 Å². The predicted molar refractivity (Wildman–Crippen MR) is 129 cm³/mol. The molecule has 0 bridgehead atoms. The van der Waals surface area contributed by atoms with Gasteiger partial charge in [-0.15, -0.1) is 0 Å². The Balaban J connectivity index is 1.60. The van der Waals surface area contributed by atoms with E-state index in [0.717, 1.165) is 28.2 Å². The molecule has 0 radical (unpaired) electrons. The molecule has 0 saturated carbocycles. The predicted octanol–water partition coefficient (Wildman–Crippen LogP) is 4.59. The lowest BCUT2D eigenvalue weighted by atomic mass is 10.1. The number of nitrogens with one attached hydrogen (secondary N) is 1. The summed E-state index contributed by atoms with van der Waals surface area (Å²) in [7, 11) is 3.22. The fourth-order valence-electron chi connectivity index (χ4n) is 3.45. The fourth-order valence-corrected chi connectivity index (χ4v) is 4.64. The van der Waals surface area contributed by atoms with Crippen molar-refractivity contribution < 1.29 is 19.1 Å². The van der Waals surface area contributed by atoms with Gasteiger partial charge in [0.2, 0.25) is 5.91 Å². The van der Waals surface area contributed by atoms with E-state index in [1.54, 1.807) is 14.2 Å². The second kappa shape index (κ2) is 10.3. The summed E-state index contributed by atoms with van der Waals surface area (Å²) in [6.07, 6.45) is 2.01. The number of benzene rings is 3. The number of carbonyl (C=O) groups excluding carboxylic acids is 2. The van der Waals surface area contributed by atoms with Crippen molar-refractivity contribution >= 4 is 29.7 Å². The lowest BCUT2D eigenvalue weighted by molar-refractivity contribution is -0.137. The minimum atomic E-state index is -0.396. The van der Waals surface area contributed by atoms with Gasteiger partial charge in [-0.3, -0.25) is 15.0 Å². The minimum absolute atomic E-state index is 0.183. The Labute approximate surface area is 197 Å². The van der Waals surface area contributed by atoms with Crippen molar-refractivity contribution in [3.05, 3.63) is 100 Å². The second-order valence-electron chi connectivity index (χ2n) is 7.40. The van der Waals surface area contributed by atoms with Crippen molar-refractivity contribution in [1.82, 2.24) is 10.4 Å². The molecule has 1 saturated heterocycles. The third kappa shape index (κ3) is 5.38. The van der Waals surface area contributed by atoms with Gasteiger partial charge in [-0.25, -0.2) is 5.01 Å². The number of hydrogen-bond acceptors (Lipinski definition) is 5. The summed E-state index contributed by atoms with van der Waals surface area (Å²) in [5, 5.41) is 1.01. The van der Waals surface area contributed by atoms with Crippen LogP contribution in [0.2, 0.25) is 0 Å². The summed E-state index contributed by atoms with van der Waals surface area (Å²) < 4.78 is 10.5. The summed E-state index contributed by atoms with van der Waals surface area (Å²) >= 11 is 1.40. The molecular weight excluding hydrogens is 436 g/mol. The summed E-state index contributed by atoms with van der Waals surface area (Å²) in [5.41, 5.74) is 5.45. The van der Waals surface area contributed by atoms with Crippen LogP contribution in [0.3, 0.4) is 0 Å². The Morgan fingerprint density at radius 3 is 2.15 bits per heavy atom. The molecule has 0 aliphatic carbocycles. The molecule has 2 amide bonds. The molecule has 1 aliphatic rings. The number of hydrazine groups is 1. The Bertz CT molecular complexity index is 1150. The maximum atomic E-state index is 13.3. The molecule has 1 fully saturated rings. The average Bonchev–Trinajstić information content (AvgIpc) is 3.15. The molecule has 0 spiro atoms. The quantitative estimate of drug-likeness (QED) is 0.522. The van der Waals surface area contributed by atoms with Crippen molar-refractivity contribution in [2.24, 2.45) is 0 Å². The largest absolute Gasteiger partial charge is 0.497 e. The number of amides is 2. The standard InChI is InChI=1S/C26H24N2O4S/c1-31-21-12-8-19(9-13-21)16-23-25(30)28(27-24(29)17-18-6-4-3-5-7-18)26(33-23)20-10-14-22(32-2)15-11-20/h3-16,26H,17H2,1-2H3,(H,27,29)/b23-16-/t26-/m0/s1. The Morgan fingerprint density at radius 2 is 1.55 bits per heavy atom. The molecule has 168 valence electrons. The first-order valence-electron chi connectivity index (χ1n) is 10.4. The zero-order valence-electron chi connectivity index (χ0n) is 18.4. The van der Waals surface area contributed by atoms with Crippen molar-refractivity contribution in [2.75, 3.05) is 14.2 Å². The topological polar surface area (TPSA) is 67.9 Å². The van der Waals surface area contributed by atoms with E-state index in [0.29, 0.717) is 4.91 Å². The Kier molecular flexibility index (Phi) is 7.00. The zero-order valence-corrected chi connectivity index (χ0v) is 19.2. The third-order valence-corrected chi connectivity index (χ3v) is 6.42. The van der Waals surface area contributed by atoms with E-state index in [9.17, 15) is 9.59 Å². The van der Waals surface area contributed by atoms with Crippen LogP contribution in [0.5, 0.6) is 11.5 Å². The van der Waals surface area contributed by atoms with Crippen LogP contribution < -0.4 is 14.9 Å². The van der Waals surface area contributed by atoms with Gasteiger partial charge in [0, 0.05) is 0 Å². The highest BCUT2D eigenvalue weighted by Crippen LogP contribution is 2.45. The molecule has 1 heterocycles. The number of methoxy groups -OCH3 is 2. The van der Waals surface area contributed by atoms with Gasteiger partial charge >= 0.3 is 0 Å². The maximum Gasteiger partial charge on any atom is 0.280 e. The maximum absolute atomic E-state index is 13.3. The first-order valence-corrected chi connectivity index (χ1v) is 11.3. The second-order valence-corrected chi connectivity index (χ2v) is 8.52. The van der Waals surface area contributed by atoms with Gasteiger partial charge in [0.1, 0.15) is 16.9 Å². The first kappa shape index (κ1) is 22.5. The molecule has 3 aromatic carbocycles. The monoisotopic (exact) mass is 460 g/mol. The van der Waals surface area contributed by atoms with E-state index in [4.69, 9.17) is 9.47 Å². The molecule has 0 unspecified atom stereocenters. The van der Waals surface area contributed by atoms with E-state index in [1.807, 2.05) is 84.9 Å². The number of hydrogen-bond donors (Lipinski definition) is 1. The van der Waals surface area contributed by atoms with Crippen LogP contribution in [-0.2, 0) is 16.0 Å². The van der Waals surface area contributed by atoms with Gasteiger partial charge in [0.25, 0.3) is 5.91 Å². The van der Waals surface area contributed by atoms with E-state index in [2.05, 4.69) is 5.43 Å². The molecular formula is C26H24N2O4S. The Morgan fingerprint density at radius 1 is 0.939 bits per heavy atom. The summed E-state index contributed by atoms with van der Waals surface area (Å²) in [6, 6.07) is 24.4. The summed E-state index contributed by atoms with van der Waals surface area (Å²) in [5.74, 6) is 0.965. The molecule has 1 atom stereocenters.